The van der Waals surface area contributed by atoms with Gasteiger partial charge in [0.1, 0.15) is 22.8 Å². The van der Waals surface area contributed by atoms with Crippen molar-refractivity contribution in [2.45, 2.75) is 11.8 Å². The number of carboxylic acid groups (broad SMARTS) is 1. The molecule has 4 aromatic rings. The van der Waals surface area contributed by atoms with Crippen molar-refractivity contribution in [1.82, 2.24) is 4.98 Å². The van der Waals surface area contributed by atoms with Gasteiger partial charge in [-0.3, -0.25) is 0 Å². The Morgan fingerprint density at radius 1 is 1.10 bits per heavy atom. The van der Waals surface area contributed by atoms with E-state index < -0.39 is 5.97 Å². The second-order valence-corrected chi connectivity index (χ2v) is 7.78. The minimum Gasteiger partial charge on any atom is -0.489 e. The first kappa shape index (κ1) is 20.1. The number of aromatic nitrogens is 1. The predicted molar refractivity (Wildman–Crippen MR) is 118 cm³/mol. The third kappa shape index (κ3) is 5.03. The number of nitrogens with zero attached hydrogens (tertiary/aromatic N) is 1. The second kappa shape index (κ2) is 9.07. The highest BCUT2D eigenvalue weighted by Crippen LogP contribution is 2.31. The molecule has 3 aromatic carbocycles. The smallest absolute Gasteiger partial charge is 0.342 e. The largest absolute Gasteiger partial charge is 0.489 e. The average Bonchev–Trinajstić information content (AvgIpc) is 3.15. The van der Waals surface area contributed by atoms with Crippen molar-refractivity contribution >= 4 is 46.5 Å². The zero-order chi connectivity index (χ0) is 20.9. The summed E-state index contributed by atoms with van der Waals surface area (Å²) in [5.74, 6) is -0.376. The quantitative estimate of drug-likeness (QED) is 0.271. The lowest BCUT2D eigenvalue weighted by Gasteiger charge is -2.07. The molecule has 0 spiro atoms. The number of hydrogen-bond acceptors (Lipinski definition) is 5. The minimum atomic E-state index is -1.05. The van der Waals surface area contributed by atoms with Crippen LogP contribution in [-0.4, -0.2) is 16.1 Å². The molecule has 0 saturated heterocycles. The lowest BCUT2D eigenvalue weighted by Crippen LogP contribution is -1.97. The molecule has 0 bridgehead atoms. The lowest BCUT2D eigenvalue weighted by atomic mass is 10.2. The van der Waals surface area contributed by atoms with E-state index in [0.717, 1.165) is 22.9 Å². The summed E-state index contributed by atoms with van der Waals surface area (Å²) in [5.41, 5.74) is 3.00. The molecule has 7 heteroatoms. The van der Waals surface area contributed by atoms with Gasteiger partial charge < -0.3 is 14.3 Å². The van der Waals surface area contributed by atoms with Crippen LogP contribution in [0.5, 0.6) is 5.75 Å². The predicted octanol–water partition coefficient (Wildman–Crippen LogP) is 6.28. The van der Waals surface area contributed by atoms with Gasteiger partial charge >= 0.3 is 5.97 Å². The third-order valence-electron chi connectivity index (χ3n) is 4.15. The normalized spacial score (nSPS) is 11.6. The Kier molecular flexibility index (Phi) is 6.07. The standard InChI is InChI=1S/C23H16ClNO4S/c24-17-5-3-4-16(12-17)14-28-18-10-8-15(9-11-18)13-21(22(26)27)30-23-25-19-6-1-2-7-20(19)29-23/h1-13H,14H2,(H,26,27)/b21-13-. The summed E-state index contributed by atoms with van der Waals surface area (Å²) >= 11 is 6.95. The van der Waals surface area contributed by atoms with Crippen molar-refractivity contribution in [1.29, 1.82) is 0 Å². The highest BCUT2D eigenvalue weighted by molar-refractivity contribution is 8.03. The molecule has 150 valence electrons. The number of oxazole rings is 1. The molecular weight excluding hydrogens is 422 g/mol. The number of carboxylic acids is 1. The first-order valence-corrected chi connectivity index (χ1v) is 10.2. The Morgan fingerprint density at radius 2 is 1.90 bits per heavy atom. The molecule has 0 atom stereocenters. The number of para-hydroxylation sites is 2. The van der Waals surface area contributed by atoms with Crippen LogP contribution >= 0.6 is 23.4 Å². The van der Waals surface area contributed by atoms with Crippen LogP contribution in [0.3, 0.4) is 0 Å². The van der Waals surface area contributed by atoms with Gasteiger partial charge in [0.25, 0.3) is 5.22 Å². The second-order valence-electron chi connectivity index (χ2n) is 6.35. The number of benzene rings is 3. The van der Waals surface area contributed by atoms with Crippen LogP contribution in [-0.2, 0) is 11.4 Å². The molecule has 0 amide bonds. The molecule has 0 radical (unpaired) electrons. The van der Waals surface area contributed by atoms with Crippen molar-refractivity contribution < 1.29 is 19.1 Å². The summed E-state index contributed by atoms with van der Waals surface area (Å²) in [6.07, 6.45) is 1.57. The van der Waals surface area contributed by atoms with E-state index in [1.54, 1.807) is 36.4 Å². The van der Waals surface area contributed by atoms with Crippen LogP contribution in [0.25, 0.3) is 17.2 Å². The van der Waals surface area contributed by atoms with Gasteiger partial charge in [-0.05, 0) is 65.4 Å². The van der Waals surface area contributed by atoms with E-state index in [0.29, 0.717) is 28.5 Å². The first-order chi connectivity index (χ1) is 14.6. The van der Waals surface area contributed by atoms with Gasteiger partial charge in [-0.2, -0.15) is 0 Å². The summed E-state index contributed by atoms with van der Waals surface area (Å²) in [4.78, 5) is 16.1. The summed E-state index contributed by atoms with van der Waals surface area (Å²) in [6.45, 7) is 0.393. The number of halogens is 1. The van der Waals surface area contributed by atoms with Crippen LogP contribution < -0.4 is 4.74 Å². The van der Waals surface area contributed by atoms with Crippen LogP contribution in [0, 0.1) is 0 Å². The van der Waals surface area contributed by atoms with Gasteiger partial charge in [0, 0.05) is 5.02 Å². The molecule has 1 N–H and O–H groups in total. The van der Waals surface area contributed by atoms with Crippen molar-refractivity contribution in [3.63, 3.8) is 0 Å². The third-order valence-corrected chi connectivity index (χ3v) is 5.25. The number of aliphatic carboxylic acids is 1. The number of hydrogen-bond donors (Lipinski definition) is 1. The highest BCUT2D eigenvalue weighted by Gasteiger charge is 2.14. The van der Waals surface area contributed by atoms with Crippen LogP contribution in [0.2, 0.25) is 5.02 Å². The van der Waals surface area contributed by atoms with Crippen LogP contribution in [0.4, 0.5) is 0 Å². The monoisotopic (exact) mass is 437 g/mol. The molecule has 4 rings (SSSR count). The molecule has 0 unspecified atom stereocenters. The Hall–Kier alpha value is -3.22. The van der Waals surface area contributed by atoms with E-state index in [1.165, 1.54) is 0 Å². The van der Waals surface area contributed by atoms with E-state index in [4.69, 9.17) is 20.8 Å². The summed E-state index contributed by atoms with van der Waals surface area (Å²) in [6, 6.07) is 21.9. The number of carbonyl (C=O) groups is 1. The van der Waals surface area contributed by atoms with E-state index in [9.17, 15) is 9.90 Å². The Balaban J connectivity index is 1.46. The molecule has 5 nitrogen and oxygen atoms in total. The van der Waals surface area contributed by atoms with Gasteiger partial charge in [0.15, 0.2) is 5.58 Å². The van der Waals surface area contributed by atoms with Gasteiger partial charge in [-0.25, -0.2) is 9.78 Å². The molecule has 0 aliphatic carbocycles. The van der Waals surface area contributed by atoms with Gasteiger partial charge in [-0.15, -0.1) is 0 Å². The maximum atomic E-state index is 11.7. The molecule has 0 aliphatic heterocycles. The van der Waals surface area contributed by atoms with Crippen LogP contribution in [0.15, 0.2) is 87.3 Å². The highest BCUT2D eigenvalue weighted by atomic mass is 35.5. The molecule has 0 fully saturated rings. The van der Waals surface area contributed by atoms with Crippen molar-refractivity contribution in [2.24, 2.45) is 0 Å². The minimum absolute atomic E-state index is 0.106. The fraction of sp³-hybridized carbons (Fsp3) is 0.0435. The molecule has 0 saturated carbocycles. The number of fused-ring (bicyclic) bond motifs is 1. The molecule has 1 heterocycles. The molecule has 0 aliphatic rings. The maximum absolute atomic E-state index is 11.7. The molecule has 1 aromatic heterocycles. The number of thioether (sulfide) groups is 1. The average molecular weight is 438 g/mol. The van der Waals surface area contributed by atoms with Gasteiger partial charge in [0.2, 0.25) is 0 Å². The van der Waals surface area contributed by atoms with Crippen molar-refractivity contribution in [2.75, 3.05) is 0 Å². The van der Waals surface area contributed by atoms with Gasteiger partial charge in [-0.1, -0.05) is 48.0 Å². The maximum Gasteiger partial charge on any atom is 0.342 e. The molecule has 30 heavy (non-hydrogen) atoms. The zero-order valence-electron chi connectivity index (χ0n) is 15.6. The van der Waals surface area contributed by atoms with E-state index in [1.807, 2.05) is 42.5 Å². The topological polar surface area (TPSA) is 72.6 Å². The van der Waals surface area contributed by atoms with Crippen molar-refractivity contribution in [3.05, 3.63) is 93.9 Å². The Labute approximate surface area is 182 Å². The van der Waals surface area contributed by atoms with Crippen LogP contribution in [0.1, 0.15) is 11.1 Å². The van der Waals surface area contributed by atoms with E-state index in [2.05, 4.69) is 4.98 Å². The summed E-state index contributed by atoms with van der Waals surface area (Å²) < 4.78 is 11.4. The van der Waals surface area contributed by atoms with E-state index in [-0.39, 0.29) is 10.1 Å². The SMILES string of the molecule is O=C(O)/C(=C/c1ccc(OCc2cccc(Cl)c2)cc1)Sc1nc2ccccc2o1. The fourth-order valence-electron chi connectivity index (χ4n) is 2.73. The summed E-state index contributed by atoms with van der Waals surface area (Å²) in [7, 11) is 0. The fourth-order valence-corrected chi connectivity index (χ4v) is 3.69. The summed E-state index contributed by atoms with van der Waals surface area (Å²) in [5, 5.41) is 10.5. The Bertz CT molecular complexity index is 1180. The zero-order valence-corrected chi connectivity index (χ0v) is 17.2. The molecular formula is C23H16ClNO4S. The van der Waals surface area contributed by atoms with Crippen molar-refractivity contribution in [3.8, 4) is 5.75 Å². The first-order valence-electron chi connectivity index (χ1n) is 9.02. The number of ether oxygens (including phenoxy) is 1. The lowest BCUT2D eigenvalue weighted by molar-refractivity contribution is -0.131. The Morgan fingerprint density at radius 3 is 2.63 bits per heavy atom. The van der Waals surface area contributed by atoms with E-state index >= 15 is 0 Å². The number of rotatable bonds is 7. The van der Waals surface area contributed by atoms with Gasteiger partial charge in [0.05, 0.1) is 0 Å².